The second-order valence-corrected chi connectivity index (χ2v) is 3.39. The summed E-state index contributed by atoms with van der Waals surface area (Å²) in [7, 11) is 0. The molecule has 0 spiro atoms. The Labute approximate surface area is 91.3 Å². The number of alkyl halides is 1. The van der Waals surface area contributed by atoms with Crippen molar-refractivity contribution in [1.29, 1.82) is 0 Å². The van der Waals surface area contributed by atoms with Gasteiger partial charge in [0, 0.05) is 13.8 Å². The predicted molar refractivity (Wildman–Crippen MR) is 48.0 cm³/mol. The molecule has 0 amide bonds. The Balaban J connectivity index is 2.59. The van der Waals surface area contributed by atoms with E-state index in [1.807, 2.05) is 0 Å². The molecule has 4 atom stereocenters. The Morgan fingerprint density at radius 1 is 1.38 bits per heavy atom. The SMILES string of the molecule is CC(=O)OCC1O[C@@H](O)[C@@H](F)C1OC(C)=O. The summed E-state index contributed by atoms with van der Waals surface area (Å²) >= 11 is 0. The molecule has 1 heterocycles. The predicted octanol–water partition coefficient (Wildman–Crippen LogP) is -0.464. The second-order valence-electron chi connectivity index (χ2n) is 3.39. The first-order chi connectivity index (χ1) is 7.41. The topological polar surface area (TPSA) is 82.1 Å². The summed E-state index contributed by atoms with van der Waals surface area (Å²) in [6.07, 6.45) is -5.76. The van der Waals surface area contributed by atoms with Gasteiger partial charge in [0.05, 0.1) is 0 Å². The number of halogens is 1. The van der Waals surface area contributed by atoms with E-state index in [1.165, 1.54) is 6.92 Å². The third-order valence-corrected chi connectivity index (χ3v) is 2.02. The highest BCUT2D eigenvalue weighted by Crippen LogP contribution is 2.25. The molecule has 6 nitrogen and oxygen atoms in total. The minimum absolute atomic E-state index is 0.273. The Morgan fingerprint density at radius 3 is 2.50 bits per heavy atom. The highest BCUT2D eigenvalue weighted by atomic mass is 19.1. The Bertz CT molecular complexity index is 281. The van der Waals surface area contributed by atoms with E-state index < -0.39 is 36.6 Å². The van der Waals surface area contributed by atoms with Gasteiger partial charge in [-0.2, -0.15) is 0 Å². The van der Waals surface area contributed by atoms with E-state index in [2.05, 4.69) is 9.47 Å². The number of esters is 2. The molecule has 16 heavy (non-hydrogen) atoms. The zero-order chi connectivity index (χ0) is 12.3. The van der Waals surface area contributed by atoms with E-state index in [9.17, 15) is 14.0 Å². The maximum atomic E-state index is 13.3. The molecule has 2 unspecified atom stereocenters. The number of carbonyl (C=O) groups excluding carboxylic acids is 2. The summed E-state index contributed by atoms with van der Waals surface area (Å²) in [6, 6.07) is 0. The van der Waals surface area contributed by atoms with Crippen LogP contribution in [0.25, 0.3) is 0 Å². The minimum Gasteiger partial charge on any atom is -0.463 e. The molecule has 1 aliphatic heterocycles. The lowest BCUT2D eigenvalue weighted by molar-refractivity contribution is -0.159. The Kier molecular flexibility index (Phi) is 4.19. The molecule has 0 aromatic rings. The smallest absolute Gasteiger partial charge is 0.303 e. The summed E-state index contributed by atoms with van der Waals surface area (Å²) in [5.41, 5.74) is 0. The van der Waals surface area contributed by atoms with E-state index in [0.717, 1.165) is 6.92 Å². The molecule has 1 aliphatic rings. The molecule has 0 radical (unpaired) electrons. The number of ether oxygens (including phenoxy) is 3. The molecule has 1 N–H and O–H groups in total. The molecule has 7 heteroatoms. The van der Waals surface area contributed by atoms with E-state index in [4.69, 9.17) is 9.84 Å². The molecule has 0 aromatic heterocycles. The fourth-order valence-electron chi connectivity index (χ4n) is 1.37. The van der Waals surface area contributed by atoms with Crippen LogP contribution in [0.1, 0.15) is 13.8 Å². The Hall–Kier alpha value is -1.21. The van der Waals surface area contributed by atoms with Crippen molar-refractivity contribution >= 4 is 11.9 Å². The fourth-order valence-corrected chi connectivity index (χ4v) is 1.37. The van der Waals surface area contributed by atoms with Gasteiger partial charge in [-0.05, 0) is 0 Å². The van der Waals surface area contributed by atoms with Gasteiger partial charge in [0.25, 0.3) is 0 Å². The van der Waals surface area contributed by atoms with Crippen LogP contribution >= 0.6 is 0 Å². The molecular formula is C9H13FO6. The van der Waals surface area contributed by atoms with Gasteiger partial charge in [-0.25, -0.2) is 4.39 Å². The number of aliphatic hydroxyl groups is 1. The molecule has 1 rings (SSSR count). The van der Waals surface area contributed by atoms with E-state index in [1.54, 1.807) is 0 Å². The maximum absolute atomic E-state index is 13.3. The van der Waals surface area contributed by atoms with Crippen molar-refractivity contribution in [3.8, 4) is 0 Å². The van der Waals surface area contributed by atoms with Gasteiger partial charge in [-0.15, -0.1) is 0 Å². The summed E-state index contributed by atoms with van der Waals surface area (Å²) in [5, 5.41) is 9.09. The monoisotopic (exact) mass is 236 g/mol. The highest BCUT2D eigenvalue weighted by molar-refractivity contribution is 5.66. The van der Waals surface area contributed by atoms with Crippen LogP contribution in [0.15, 0.2) is 0 Å². The van der Waals surface area contributed by atoms with Crippen LogP contribution in [-0.2, 0) is 23.8 Å². The standard InChI is InChI=1S/C9H13FO6/c1-4(11)14-3-6-8(15-5(2)12)7(10)9(13)16-6/h6-9,13H,3H2,1-2H3/t6?,7-,8?,9+/m0/s1. The van der Waals surface area contributed by atoms with Crippen molar-refractivity contribution in [1.82, 2.24) is 0 Å². The number of hydrogen-bond acceptors (Lipinski definition) is 6. The minimum atomic E-state index is -1.84. The van der Waals surface area contributed by atoms with Gasteiger partial charge < -0.3 is 19.3 Å². The fraction of sp³-hybridized carbons (Fsp3) is 0.778. The first kappa shape index (κ1) is 12.9. The largest absolute Gasteiger partial charge is 0.463 e. The number of aliphatic hydroxyl groups excluding tert-OH is 1. The van der Waals surface area contributed by atoms with Gasteiger partial charge >= 0.3 is 11.9 Å². The van der Waals surface area contributed by atoms with Gasteiger partial charge in [0.15, 0.2) is 18.6 Å². The quantitative estimate of drug-likeness (QED) is 0.667. The Morgan fingerprint density at radius 2 is 2.00 bits per heavy atom. The molecule has 0 saturated carbocycles. The summed E-state index contributed by atoms with van der Waals surface area (Å²) in [6.45, 7) is 2.02. The first-order valence-electron chi connectivity index (χ1n) is 4.70. The molecule has 1 saturated heterocycles. The first-order valence-corrected chi connectivity index (χ1v) is 4.70. The average molecular weight is 236 g/mol. The number of rotatable bonds is 3. The third kappa shape index (κ3) is 3.14. The van der Waals surface area contributed by atoms with Crippen molar-refractivity contribution < 1.29 is 33.3 Å². The average Bonchev–Trinajstić information content (AvgIpc) is 2.42. The lowest BCUT2D eigenvalue weighted by Gasteiger charge is -2.18. The van der Waals surface area contributed by atoms with Crippen LogP contribution in [0.3, 0.4) is 0 Å². The second kappa shape index (κ2) is 5.22. The van der Waals surface area contributed by atoms with Gasteiger partial charge in [0.1, 0.15) is 12.7 Å². The molecule has 1 fully saturated rings. The van der Waals surface area contributed by atoms with Gasteiger partial charge in [-0.1, -0.05) is 0 Å². The normalized spacial score (nSPS) is 33.5. The lowest BCUT2D eigenvalue weighted by Crippen LogP contribution is -2.36. The van der Waals surface area contributed by atoms with Crippen molar-refractivity contribution in [3.05, 3.63) is 0 Å². The molecule has 0 aliphatic carbocycles. The molecule has 0 bridgehead atoms. The molecule has 0 aromatic carbocycles. The van der Waals surface area contributed by atoms with Crippen molar-refractivity contribution in [2.24, 2.45) is 0 Å². The highest BCUT2D eigenvalue weighted by Gasteiger charge is 2.47. The van der Waals surface area contributed by atoms with Gasteiger partial charge in [0.2, 0.25) is 0 Å². The summed E-state index contributed by atoms with van der Waals surface area (Å²) in [5.74, 6) is -1.26. The zero-order valence-electron chi connectivity index (χ0n) is 8.88. The lowest BCUT2D eigenvalue weighted by atomic mass is 10.1. The summed E-state index contributed by atoms with van der Waals surface area (Å²) < 4.78 is 27.3. The van der Waals surface area contributed by atoms with E-state index >= 15 is 0 Å². The van der Waals surface area contributed by atoms with Crippen LogP contribution in [0, 0.1) is 0 Å². The van der Waals surface area contributed by atoms with Crippen molar-refractivity contribution in [2.45, 2.75) is 38.5 Å². The zero-order valence-corrected chi connectivity index (χ0v) is 8.88. The molecule has 92 valence electrons. The van der Waals surface area contributed by atoms with Crippen LogP contribution in [0.2, 0.25) is 0 Å². The van der Waals surface area contributed by atoms with Crippen LogP contribution in [-0.4, -0.2) is 48.3 Å². The number of hydrogen-bond donors (Lipinski definition) is 1. The van der Waals surface area contributed by atoms with Crippen LogP contribution in [0.4, 0.5) is 4.39 Å². The summed E-state index contributed by atoms with van der Waals surface area (Å²) in [4.78, 5) is 21.3. The van der Waals surface area contributed by atoms with Crippen molar-refractivity contribution in [2.75, 3.05) is 6.61 Å². The third-order valence-electron chi connectivity index (χ3n) is 2.02. The number of carbonyl (C=O) groups is 2. The van der Waals surface area contributed by atoms with Crippen LogP contribution in [0.5, 0.6) is 0 Å². The van der Waals surface area contributed by atoms with Gasteiger partial charge in [-0.3, -0.25) is 9.59 Å². The van der Waals surface area contributed by atoms with E-state index in [-0.39, 0.29) is 6.61 Å². The maximum Gasteiger partial charge on any atom is 0.303 e. The molecular weight excluding hydrogens is 223 g/mol. The van der Waals surface area contributed by atoms with E-state index in [0.29, 0.717) is 0 Å². The van der Waals surface area contributed by atoms with Crippen LogP contribution < -0.4 is 0 Å². The van der Waals surface area contributed by atoms with Crippen molar-refractivity contribution in [3.63, 3.8) is 0 Å².